The number of nitrogens with zero attached hydrogens (tertiary/aromatic N) is 4. The molecule has 0 radical (unpaired) electrons. The first-order valence-corrected chi connectivity index (χ1v) is 11.1. The van der Waals surface area contributed by atoms with E-state index in [2.05, 4.69) is 15.2 Å². The quantitative estimate of drug-likeness (QED) is 0.451. The summed E-state index contributed by atoms with van der Waals surface area (Å²) in [5, 5.41) is 8.71. The predicted molar refractivity (Wildman–Crippen MR) is 121 cm³/mol. The van der Waals surface area contributed by atoms with Crippen LogP contribution in [0.5, 0.6) is 0 Å². The van der Waals surface area contributed by atoms with E-state index in [9.17, 15) is 14.4 Å². The Hall–Kier alpha value is -2.96. The largest absolute Gasteiger partial charge is 0.383 e. The highest BCUT2D eigenvalue weighted by atomic mass is 32.2. The summed E-state index contributed by atoms with van der Waals surface area (Å²) in [6, 6.07) is 9.21. The van der Waals surface area contributed by atoms with Gasteiger partial charge in [-0.3, -0.25) is 19.1 Å². The number of amides is 1. The summed E-state index contributed by atoms with van der Waals surface area (Å²) < 4.78 is 6.98. The SMILES string of the molecule is COCCN(C(=O)CSc1nnc(C)s1)c1c(N)n(Cc2ccccc2)c(=O)[nH]c1=O. The number of rotatable bonds is 9. The molecule has 2 heterocycles. The molecule has 3 aromatic rings. The summed E-state index contributed by atoms with van der Waals surface area (Å²) in [5.74, 6) is -0.425. The summed E-state index contributed by atoms with van der Waals surface area (Å²) in [7, 11) is 1.49. The zero-order valence-corrected chi connectivity index (χ0v) is 18.7. The van der Waals surface area contributed by atoms with Crippen LogP contribution < -0.4 is 21.9 Å². The van der Waals surface area contributed by atoms with Crippen LogP contribution in [-0.2, 0) is 16.1 Å². The number of anilines is 2. The van der Waals surface area contributed by atoms with Gasteiger partial charge in [-0.25, -0.2) is 4.79 Å². The third-order valence-electron chi connectivity index (χ3n) is 4.31. The standard InChI is InChI=1S/C19H22N6O4S2/c1-12-22-23-19(31-12)30-11-14(26)24(8-9-29-2)15-16(20)25(18(28)21-17(15)27)10-13-6-4-3-5-7-13/h3-7H,8-11,20H2,1-2H3,(H,21,27,28). The van der Waals surface area contributed by atoms with Gasteiger partial charge in [0.25, 0.3) is 5.56 Å². The molecule has 3 N–H and O–H groups in total. The van der Waals surface area contributed by atoms with Crippen molar-refractivity contribution in [1.82, 2.24) is 19.7 Å². The zero-order chi connectivity index (χ0) is 22.4. The van der Waals surface area contributed by atoms with E-state index < -0.39 is 11.2 Å². The number of aromatic amines is 1. The summed E-state index contributed by atoms with van der Waals surface area (Å²) in [4.78, 5) is 41.6. The van der Waals surface area contributed by atoms with Crippen molar-refractivity contribution in [3.63, 3.8) is 0 Å². The van der Waals surface area contributed by atoms with E-state index in [1.807, 2.05) is 37.3 Å². The van der Waals surface area contributed by atoms with Gasteiger partial charge in [0.15, 0.2) is 10.0 Å². The number of aryl methyl sites for hydroxylation is 1. The molecule has 0 saturated carbocycles. The van der Waals surface area contributed by atoms with Gasteiger partial charge in [-0.1, -0.05) is 53.4 Å². The normalized spacial score (nSPS) is 10.9. The molecular weight excluding hydrogens is 440 g/mol. The van der Waals surface area contributed by atoms with Crippen LogP contribution in [0.1, 0.15) is 10.6 Å². The van der Waals surface area contributed by atoms with Crippen molar-refractivity contribution in [2.45, 2.75) is 17.8 Å². The second kappa shape index (κ2) is 10.4. The maximum Gasteiger partial charge on any atom is 0.330 e. The first-order valence-electron chi connectivity index (χ1n) is 9.29. The number of hydrogen-bond acceptors (Lipinski definition) is 9. The lowest BCUT2D eigenvalue weighted by molar-refractivity contribution is -0.116. The Labute approximate surface area is 186 Å². The third-order valence-corrected chi connectivity index (χ3v) is 6.27. The Bertz CT molecular complexity index is 1160. The molecule has 1 aromatic carbocycles. The monoisotopic (exact) mass is 462 g/mol. The van der Waals surface area contributed by atoms with Gasteiger partial charge in [-0.2, -0.15) is 0 Å². The first-order chi connectivity index (χ1) is 14.9. The third kappa shape index (κ3) is 5.60. The molecule has 1 amide bonds. The number of nitrogen functional groups attached to an aromatic ring is 1. The van der Waals surface area contributed by atoms with E-state index in [1.165, 1.54) is 39.7 Å². The van der Waals surface area contributed by atoms with E-state index >= 15 is 0 Å². The highest BCUT2D eigenvalue weighted by Gasteiger charge is 2.24. The van der Waals surface area contributed by atoms with Gasteiger partial charge in [0.2, 0.25) is 5.91 Å². The summed E-state index contributed by atoms with van der Waals surface area (Å²) in [5.41, 5.74) is 5.61. The van der Waals surface area contributed by atoms with Gasteiger partial charge in [0, 0.05) is 13.7 Å². The molecule has 0 aliphatic rings. The van der Waals surface area contributed by atoms with Crippen LogP contribution in [0.2, 0.25) is 0 Å². The van der Waals surface area contributed by atoms with E-state index in [0.29, 0.717) is 4.34 Å². The van der Waals surface area contributed by atoms with Gasteiger partial charge in [0.1, 0.15) is 10.8 Å². The minimum atomic E-state index is -0.729. The molecule has 0 atom stereocenters. The number of nitrogens with two attached hydrogens (primary N) is 1. The van der Waals surface area contributed by atoms with Crippen LogP contribution in [-0.4, -0.2) is 51.7 Å². The summed E-state index contributed by atoms with van der Waals surface area (Å²) >= 11 is 2.59. The molecule has 0 bridgehead atoms. The fraction of sp³-hybridized carbons (Fsp3) is 0.316. The van der Waals surface area contributed by atoms with Crippen LogP contribution in [0.3, 0.4) is 0 Å². The van der Waals surface area contributed by atoms with Crippen molar-refractivity contribution in [3.05, 3.63) is 61.7 Å². The van der Waals surface area contributed by atoms with Gasteiger partial charge >= 0.3 is 5.69 Å². The molecular formula is C19H22N6O4S2. The van der Waals surface area contributed by atoms with Crippen molar-refractivity contribution in [3.8, 4) is 0 Å². The van der Waals surface area contributed by atoms with Crippen molar-refractivity contribution < 1.29 is 9.53 Å². The number of benzene rings is 1. The van der Waals surface area contributed by atoms with Gasteiger partial charge < -0.3 is 15.4 Å². The number of H-pyrrole nitrogens is 1. The van der Waals surface area contributed by atoms with Crippen LogP contribution in [0, 0.1) is 6.92 Å². The second-order valence-electron chi connectivity index (χ2n) is 6.48. The molecule has 0 fully saturated rings. The Morgan fingerprint density at radius 1 is 1.29 bits per heavy atom. The molecule has 0 saturated heterocycles. The van der Waals surface area contributed by atoms with Crippen molar-refractivity contribution in [2.24, 2.45) is 0 Å². The number of ether oxygens (including phenoxy) is 1. The topological polar surface area (TPSA) is 136 Å². The highest BCUT2D eigenvalue weighted by molar-refractivity contribution is 8.01. The zero-order valence-electron chi connectivity index (χ0n) is 17.0. The van der Waals surface area contributed by atoms with E-state index in [0.717, 1.165) is 10.6 Å². The lowest BCUT2D eigenvalue weighted by Gasteiger charge is -2.24. The van der Waals surface area contributed by atoms with Crippen molar-refractivity contribution in [2.75, 3.05) is 36.6 Å². The average Bonchev–Trinajstić information content (AvgIpc) is 3.17. The highest BCUT2D eigenvalue weighted by Crippen LogP contribution is 2.24. The van der Waals surface area contributed by atoms with Gasteiger partial charge in [0.05, 0.1) is 18.9 Å². The number of methoxy groups -OCH3 is 1. The van der Waals surface area contributed by atoms with Crippen LogP contribution in [0.4, 0.5) is 11.5 Å². The maximum atomic E-state index is 13.0. The Morgan fingerprint density at radius 3 is 2.68 bits per heavy atom. The lowest BCUT2D eigenvalue weighted by atomic mass is 10.2. The molecule has 3 rings (SSSR count). The molecule has 0 aliphatic heterocycles. The predicted octanol–water partition coefficient (Wildman–Crippen LogP) is 1.10. The van der Waals surface area contributed by atoms with Gasteiger partial charge in [-0.15, -0.1) is 10.2 Å². The Morgan fingerprint density at radius 2 is 2.03 bits per heavy atom. The fourth-order valence-corrected chi connectivity index (χ4v) is 4.53. The maximum absolute atomic E-state index is 13.0. The molecule has 0 unspecified atom stereocenters. The molecule has 10 nitrogen and oxygen atoms in total. The first kappa shape index (κ1) is 22.7. The minimum Gasteiger partial charge on any atom is -0.383 e. The van der Waals surface area contributed by atoms with Crippen LogP contribution in [0.15, 0.2) is 44.3 Å². The van der Waals surface area contributed by atoms with Crippen molar-refractivity contribution >= 4 is 40.5 Å². The smallest absolute Gasteiger partial charge is 0.330 e. The summed E-state index contributed by atoms with van der Waals surface area (Å²) in [6.07, 6.45) is 0. The molecule has 164 valence electrons. The molecule has 31 heavy (non-hydrogen) atoms. The van der Waals surface area contributed by atoms with Crippen LogP contribution >= 0.6 is 23.1 Å². The fourth-order valence-electron chi connectivity index (χ4n) is 2.84. The number of thioether (sulfide) groups is 1. The average molecular weight is 463 g/mol. The molecule has 0 spiro atoms. The van der Waals surface area contributed by atoms with E-state index in [1.54, 1.807) is 0 Å². The summed E-state index contributed by atoms with van der Waals surface area (Å²) in [6.45, 7) is 2.26. The number of nitrogens with one attached hydrogen (secondary N) is 1. The molecule has 12 heteroatoms. The number of carbonyl (C=O) groups excluding carboxylic acids is 1. The van der Waals surface area contributed by atoms with Gasteiger partial charge in [-0.05, 0) is 12.5 Å². The van der Waals surface area contributed by atoms with Crippen molar-refractivity contribution in [1.29, 1.82) is 0 Å². The number of carbonyl (C=O) groups is 1. The number of aromatic nitrogens is 4. The lowest BCUT2D eigenvalue weighted by Crippen LogP contribution is -2.43. The minimum absolute atomic E-state index is 0.0229. The molecule has 0 aliphatic carbocycles. The number of hydrogen-bond donors (Lipinski definition) is 2. The Kier molecular flexibility index (Phi) is 7.60. The second-order valence-corrected chi connectivity index (χ2v) is 8.88. The van der Waals surface area contributed by atoms with Crippen LogP contribution in [0.25, 0.3) is 0 Å². The van der Waals surface area contributed by atoms with E-state index in [-0.39, 0.29) is 42.9 Å². The van der Waals surface area contributed by atoms with E-state index in [4.69, 9.17) is 10.5 Å². The molecule has 2 aromatic heterocycles. The Balaban J connectivity index is 1.94.